The minimum absolute atomic E-state index is 0.116. The Kier molecular flexibility index (Phi) is 4.15. The molecule has 4 nitrogen and oxygen atoms in total. The van der Waals surface area contributed by atoms with Crippen LogP contribution in [-0.4, -0.2) is 32.2 Å². The summed E-state index contributed by atoms with van der Waals surface area (Å²) in [5.74, 6) is -0.464. The number of carbonyl (C=O) groups is 1. The van der Waals surface area contributed by atoms with Crippen molar-refractivity contribution >= 4 is 17.3 Å². The molecule has 0 saturated carbocycles. The predicted molar refractivity (Wildman–Crippen MR) is 68.4 cm³/mol. The van der Waals surface area contributed by atoms with E-state index in [9.17, 15) is 9.18 Å². The van der Waals surface area contributed by atoms with Crippen LogP contribution in [0.4, 0.5) is 15.8 Å². The molecule has 1 amide bonds. The summed E-state index contributed by atoms with van der Waals surface area (Å²) < 4.78 is 18.6. The van der Waals surface area contributed by atoms with Gasteiger partial charge in [0.25, 0.3) is 0 Å². The number of nitrogens with one attached hydrogen (secondary N) is 1. The Morgan fingerprint density at radius 3 is 2.83 bits per heavy atom. The molecule has 0 radical (unpaired) electrons. The number of hydrogen-bond acceptors (Lipinski definition) is 3. The molecule has 5 heteroatoms. The number of amides is 1. The fourth-order valence-corrected chi connectivity index (χ4v) is 1.93. The lowest BCUT2D eigenvalue weighted by Gasteiger charge is -2.30. The van der Waals surface area contributed by atoms with Crippen molar-refractivity contribution < 1.29 is 13.9 Å². The Labute approximate surface area is 106 Å². The average Bonchev–Trinajstić information content (AvgIpc) is 2.40. The first-order valence-corrected chi connectivity index (χ1v) is 6.13. The zero-order valence-electron chi connectivity index (χ0n) is 10.4. The van der Waals surface area contributed by atoms with Gasteiger partial charge in [0, 0.05) is 19.5 Å². The van der Waals surface area contributed by atoms with E-state index in [0.717, 1.165) is 18.8 Å². The monoisotopic (exact) mass is 252 g/mol. The molecule has 1 aliphatic heterocycles. The van der Waals surface area contributed by atoms with Crippen LogP contribution < -0.4 is 10.2 Å². The number of anilines is 2. The summed E-state index contributed by atoms with van der Waals surface area (Å²) in [4.78, 5) is 13.5. The second-order valence-corrected chi connectivity index (χ2v) is 4.16. The van der Waals surface area contributed by atoms with E-state index in [1.807, 2.05) is 0 Å². The normalized spacial score (nSPS) is 15.6. The van der Waals surface area contributed by atoms with Crippen molar-refractivity contribution in [3.05, 3.63) is 24.0 Å². The van der Waals surface area contributed by atoms with Gasteiger partial charge in [-0.25, -0.2) is 4.39 Å². The van der Waals surface area contributed by atoms with Crippen molar-refractivity contribution in [3.63, 3.8) is 0 Å². The van der Waals surface area contributed by atoms with Gasteiger partial charge in [0.2, 0.25) is 5.91 Å². The Balaban J connectivity index is 2.24. The molecule has 0 bridgehead atoms. The molecule has 0 aliphatic carbocycles. The Morgan fingerprint density at radius 1 is 1.44 bits per heavy atom. The van der Waals surface area contributed by atoms with Gasteiger partial charge in [-0.1, -0.05) is 6.92 Å². The van der Waals surface area contributed by atoms with Gasteiger partial charge >= 0.3 is 0 Å². The number of carbonyl (C=O) groups excluding carboxylic acids is 1. The average molecular weight is 252 g/mol. The third-order valence-electron chi connectivity index (χ3n) is 2.91. The maximum absolute atomic E-state index is 13.3. The van der Waals surface area contributed by atoms with Crippen LogP contribution in [0.25, 0.3) is 0 Å². The molecule has 1 N–H and O–H groups in total. The zero-order valence-corrected chi connectivity index (χ0v) is 10.4. The summed E-state index contributed by atoms with van der Waals surface area (Å²) in [5, 5.41) is 2.74. The highest BCUT2D eigenvalue weighted by molar-refractivity contribution is 5.94. The zero-order chi connectivity index (χ0) is 13.0. The lowest BCUT2D eigenvalue weighted by Crippen LogP contribution is -2.36. The predicted octanol–water partition coefficient (Wildman–Crippen LogP) is 2.01. The fourth-order valence-electron chi connectivity index (χ4n) is 1.93. The number of rotatable bonds is 3. The maximum atomic E-state index is 13.3. The van der Waals surface area contributed by atoms with E-state index in [-0.39, 0.29) is 11.7 Å². The van der Waals surface area contributed by atoms with Gasteiger partial charge in [-0.15, -0.1) is 0 Å². The van der Waals surface area contributed by atoms with Gasteiger partial charge in [0.1, 0.15) is 5.82 Å². The largest absolute Gasteiger partial charge is 0.378 e. The lowest BCUT2D eigenvalue weighted by molar-refractivity contribution is -0.115. The quantitative estimate of drug-likeness (QED) is 0.894. The van der Waals surface area contributed by atoms with E-state index in [4.69, 9.17) is 4.74 Å². The topological polar surface area (TPSA) is 41.6 Å². The number of halogens is 1. The summed E-state index contributed by atoms with van der Waals surface area (Å²) in [6.45, 7) is 4.57. The number of benzene rings is 1. The number of morpholine rings is 1. The van der Waals surface area contributed by atoms with Crippen LogP contribution in [0.2, 0.25) is 0 Å². The van der Waals surface area contributed by atoms with Gasteiger partial charge in [-0.2, -0.15) is 0 Å². The van der Waals surface area contributed by atoms with E-state index in [1.54, 1.807) is 13.0 Å². The van der Waals surface area contributed by atoms with Crippen LogP contribution in [0.1, 0.15) is 13.3 Å². The second-order valence-electron chi connectivity index (χ2n) is 4.16. The third-order valence-corrected chi connectivity index (χ3v) is 2.91. The van der Waals surface area contributed by atoms with Gasteiger partial charge < -0.3 is 15.0 Å². The number of hydrogen-bond donors (Lipinski definition) is 1. The van der Waals surface area contributed by atoms with Crippen LogP contribution in [0, 0.1) is 5.82 Å². The fraction of sp³-hybridized carbons (Fsp3) is 0.462. The van der Waals surface area contributed by atoms with Crippen LogP contribution in [-0.2, 0) is 9.53 Å². The summed E-state index contributed by atoms with van der Waals surface area (Å²) in [6.07, 6.45) is 0.374. The van der Waals surface area contributed by atoms with Gasteiger partial charge in [0.05, 0.1) is 24.6 Å². The molecule has 0 aromatic heterocycles. The van der Waals surface area contributed by atoms with Gasteiger partial charge in [-0.3, -0.25) is 4.79 Å². The van der Waals surface area contributed by atoms with Crippen molar-refractivity contribution in [1.82, 2.24) is 0 Å². The molecule has 18 heavy (non-hydrogen) atoms. The first kappa shape index (κ1) is 12.8. The van der Waals surface area contributed by atoms with Crippen LogP contribution in [0.15, 0.2) is 18.2 Å². The summed E-state index contributed by atoms with van der Waals surface area (Å²) >= 11 is 0. The maximum Gasteiger partial charge on any atom is 0.224 e. The van der Waals surface area contributed by atoms with E-state index in [2.05, 4.69) is 10.2 Å². The summed E-state index contributed by atoms with van der Waals surface area (Å²) in [6, 6.07) is 4.47. The van der Waals surface area contributed by atoms with E-state index in [1.165, 1.54) is 12.1 Å². The minimum Gasteiger partial charge on any atom is -0.378 e. The number of nitrogens with zero attached hydrogens (tertiary/aromatic N) is 1. The van der Waals surface area contributed by atoms with Crippen molar-refractivity contribution in [2.75, 3.05) is 36.5 Å². The molecule has 98 valence electrons. The molecule has 1 aliphatic rings. The van der Waals surface area contributed by atoms with Crippen LogP contribution in [0.3, 0.4) is 0 Å². The Hall–Kier alpha value is -1.62. The summed E-state index contributed by atoms with van der Waals surface area (Å²) in [5.41, 5.74) is 1.38. The van der Waals surface area contributed by atoms with E-state index < -0.39 is 0 Å². The molecule has 1 aromatic carbocycles. The SMILES string of the molecule is CCC(=O)Nc1cc(F)ccc1N1CCOCC1. The highest BCUT2D eigenvalue weighted by Gasteiger charge is 2.16. The molecule has 1 aromatic rings. The first-order chi connectivity index (χ1) is 8.70. The molecule has 1 saturated heterocycles. The van der Waals surface area contributed by atoms with Gasteiger partial charge in [0.15, 0.2) is 0 Å². The van der Waals surface area contributed by atoms with Crippen LogP contribution in [0.5, 0.6) is 0 Å². The third kappa shape index (κ3) is 2.98. The van der Waals surface area contributed by atoms with Crippen LogP contribution >= 0.6 is 0 Å². The van der Waals surface area contributed by atoms with Crippen molar-refractivity contribution in [2.24, 2.45) is 0 Å². The van der Waals surface area contributed by atoms with E-state index in [0.29, 0.717) is 25.3 Å². The molecule has 2 rings (SSSR count). The molecule has 1 fully saturated rings. The minimum atomic E-state index is -0.349. The highest BCUT2D eigenvalue weighted by Crippen LogP contribution is 2.27. The molecule has 1 heterocycles. The molecular weight excluding hydrogens is 235 g/mol. The molecule has 0 atom stereocenters. The van der Waals surface area contributed by atoms with Gasteiger partial charge in [-0.05, 0) is 18.2 Å². The second kappa shape index (κ2) is 5.82. The smallest absolute Gasteiger partial charge is 0.224 e. The Bertz CT molecular complexity index is 431. The van der Waals surface area contributed by atoms with E-state index >= 15 is 0 Å². The standard InChI is InChI=1S/C13H17FN2O2/c1-2-13(17)15-11-9-10(14)3-4-12(11)16-5-7-18-8-6-16/h3-4,9H,2,5-8H2,1H3,(H,15,17). The molecule has 0 unspecified atom stereocenters. The molecule has 0 spiro atoms. The number of ether oxygens (including phenoxy) is 1. The first-order valence-electron chi connectivity index (χ1n) is 6.13. The Morgan fingerprint density at radius 2 is 2.17 bits per heavy atom. The molecular formula is C13H17FN2O2. The van der Waals surface area contributed by atoms with Crippen molar-refractivity contribution in [2.45, 2.75) is 13.3 Å². The van der Waals surface area contributed by atoms with Crippen molar-refractivity contribution in [3.8, 4) is 0 Å². The summed E-state index contributed by atoms with van der Waals surface area (Å²) in [7, 11) is 0. The highest BCUT2D eigenvalue weighted by atomic mass is 19.1. The lowest BCUT2D eigenvalue weighted by atomic mass is 10.2. The van der Waals surface area contributed by atoms with Crippen molar-refractivity contribution in [1.29, 1.82) is 0 Å².